The van der Waals surface area contributed by atoms with Gasteiger partial charge < -0.3 is 4.74 Å². The summed E-state index contributed by atoms with van der Waals surface area (Å²) in [5, 5.41) is 0. The first-order valence-corrected chi connectivity index (χ1v) is 8.83. The molecule has 3 rings (SSSR count). The number of fused-ring (bicyclic) bond motifs is 1. The van der Waals surface area contributed by atoms with Crippen molar-refractivity contribution >= 4 is 17.8 Å². The molecule has 0 fully saturated rings. The monoisotopic (exact) mass is 341 g/mol. The number of carbonyl (C=O) groups is 3. The number of allylic oxidation sites excluding steroid dienone is 2. The summed E-state index contributed by atoms with van der Waals surface area (Å²) >= 11 is 0. The maximum Gasteiger partial charge on any atom is 0.305 e. The van der Waals surface area contributed by atoms with Gasteiger partial charge in [-0.25, -0.2) is 0 Å². The Morgan fingerprint density at radius 1 is 1.12 bits per heavy atom. The molecular weight excluding hydrogens is 318 g/mol. The second kappa shape index (κ2) is 7.64. The van der Waals surface area contributed by atoms with E-state index in [2.05, 4.69) is 19.1 Å². The van der Waals surface area contributed by atoms with Gasteiger partial charge in [-0.2, -0.15) is 0 Å². The maximum absolute atomic E-state index is 12.2. The van der Waals surface area contributed by atoms with E-state index < -0.39 is 0 Å². The highest BCUT2D eigenvalue weighted by molar-refractivity contribution is 6.21. The zero-order valence-electron chi connectivity index (χ0n) is 14.4. The van der Waals surface area contributed by atoms with Crippen molar-refractivity contribution in [3.8, 4) is 0 Å². The summed E-state index contributed by atoms with van der Waals surface area (Å²) in [6.07, 6.45) is 6.92. The van der Waals surface area contributed by atoms with Crippen LogP contribution in [-0.4, -0.2) is 35.8 Å². The van der Waals surface area contributed by atoms with Gasteiger partial charge in [0, 0.05) is 13.0 Å². The molecule has 1 aliphatic carbocycles. The van der Waals surface area contributed by atoms with Crippen molar-refractivity contribution in [3.05, 3.63) is 47.5 Å². The quantitative estimate of drug-likeness (QED) is 0.453. The van der Waals surface area contributed by atoms with Crippen molar-refractivity contribution in [1.82, 2.24) is 4.90 Å². The first-order valence-electron chi connectivity index (χ1n) is 8.83. The summed E-state index contributed by atoms with van der Waals surface area (Å²) in [6.45, 7) is 2.85. The topological polar surface area (TPSA) is 63.7 Å². The van der Waals surface area contributed by atoms with Crippen LogP contribution in [0.5, 0.6) is 0 Å². The van der Waals surface area contributed by atoms with Gasteiger partial charge in [-0.3, -0.25) is 19.3 Å². The molecular formula is C20H23NO4. The van der Waals surface area contributed by atoms with Gasteiger partial charge in [-0.1, -0.05) is 31.2 Å². The number of hydrogen-bond donors (Lipinski definition) is 0. The number of amides is 2. The highest BCUT2D eigenvalue weighted by atomic mass is 16.5. The number of ether oxygens (including phenoxy) is 1. The Labute approximate surface area is 147 Å². The molecule has 0 N–H and O–H groups in total. The van der Waals surface area contributed by atoms with Gasteiger partial charge in [0.2, 0.25) is 0 Å². The van der Waals surface area contributed by atoms with Crippen molar-refractivity contribution in [2.75, 3.05) is 13.2 Å². The molecule has 25 heavy (non-hydrogen) atoms. The fraction of sp³-hybridized carbons (Fsp3) is 0.450. The van der Waals surface area contributed by atoms with E-state index in [1.54, 1.807) is 24.3 Å². The maximum atomic E-state index is 12.2. The van der Waals surface area contributed by atoms with E-state index in [-0.39, 0.29) is 30.7 Å². The van der Waals surface area contributed by atoms with Gasteiger partial charge in [0.1, 0.15) is 0 Å². The van der Waals surface area contributed by atoms with E-state index in [1.807, 2.05) is 0 Å². The van der Waals surface area contributed by atoms with E-state index in [4.69, 9.17) is 4.74 Å². The molecule has 2 atom stereocenters. The Morgan fingerprint density at radius 3 is 2.40 bits per heavy atom. The predicted octanol–water partition coefficient (Wildman–Crippen LogP) is 3.21. The van der Waals surface area contributed by atoms with Crippen LogP contribution in [0, 0.1) is 11.8 Å². The van der Waals surface area contributed by atoms with Crippen molar-refractivity contribution in [1.29, 1.82) is 0 Å². The highest BCUT2D eigenvalue weighted by Gasteiger charge is 2.34. The van der Waals surface area contributed by atoms with Crippen LogP contribution in [-0.2, 0) is 9.53 Å². The predicted molar refractivity (Wildman–Crippen MR) is 93.0 cm³/mol. The van der Waals surface area contributed by atoms with E-state index in [9.17, 15) is 14.4 Å². The first kappa shape index (κ1) is 17.4. The second-order valence-electron chi connectivity index (χ2n) is 6.77. The van der Waals surface area contributed by atoms with Crippen molar-refractivity contribution in [2.24, 2.45) is 11.8 Å². The molecule has 0 radical (unpaired) electrons. The molecule has 0 saturated heterocycles. The van der Waals surface area contributed by atoms with Crippen LogP contribution >= 0.6 is 0 Å². The molecule has 0 bridgehead atoms. The SMILES string of the molecule is CC1CC=CCC1COC(=O)CCCN1C(=O)c2ccccc2C1=O. The number of carbonyl (C=O) groups excluding carboxylic acids is 3. The molecule has 2 amide bonds. The van der Waals surface area contributed by atoms with Crippen LogP contribution in [0.4, 0.5) is 0 Å². The molecule has 1 aromatic rings. The molecule has 1 aromatic carbocycles. The number of hydrogen-bond acceptors (Lipinski definition) is 4. The average molecular weight is 341 g/mol. The van der Waals surface area contributed by atoms with Gasteiger partial charge >= 0.3 is 5.97 Å². The summed E-state index contributed by atoms with van der Waals surface area (Å²) in [6, 6.07) is 6.80. The van der Waals surface area contributed by atoms with Crippen LogP contribution in [0.3, 0.4) is 0 Å². The molecule has 132 valence electrons. The third-order valence-corrected chi connectivity index (χ3v) is 5.02. The molecule has 0 aromatic heterocycles. The smallest absolute Gasteiger partial charge is 0.305 e. The Morgan fingerprint density at radius 2 is 1.76 bits per heavy atom. The number of benzene rings is 1. The van der Waals surface area contributed by atoms with Crippen LogP contribution in [0.25, 0.3) is 0 Å². The van der Waals surface area contributed by atoms with Crippen molar-refractivity contribution in [3.63, 3.8) is 0 Å². The third kappa shape index (κ3) is 3.81. The Balaban J connectivity index is 1.43. The van der Waals surface area contributed by atoms with E-state index >= 15 is 0 Å². The van der Waals surface area contributed by atoms with Gasteiger partial charge in [0.25, 0.3) is 11.8 Å². The van der Waals surface area contributed by atoms with E-state index in [0.29, 0.717) is 36.0 Å². The molecule has 0 spiro atoms. The van der Waals surface area contributed by atoms with Gasteiger partial charge in [-0.05, 0) is 43.2 Å². The van der Waals surface area contributed by atoms with Crippen molar-refractivity contribution < 1.29 is 19.1 Å². The molecule has 1 heterocycles. The summed E-state index contributed by atoms with van der Waals surface area (Å²) < 4.78 is 5.37. The summed E-state index contributed by atoms with van der Waals surface area (Å²) in [5.74, 6) is 0.0771. The summed E-state index contributed by atoms with van der Waals surface area (Å²) in [4.78, 5) is 37.6. The lowest BCUT2D eigenvalue weighted by molar-refractivity contribution is -0.145. The minimum atomic E-state index is -0.281. The van der Waals surface area contributed by atoms with Gasteiger partial charge in [0.15, 0.2) is 0 Å². The molecule has 0 saturated carbocycles. The normalized spacial score (nSPS) is 22.2. The Bertz CT molecular complexity index is 674. The second-order valence-corrected chi connectivity index (χ2v) is 6.77. The molecule has 2 unspecified atom stereocenters. The average Bonchev–Trinajstić information content (AvgIpc) is 2.86. The molecule has 2 aliphatic rings. The molecule has 5 nitrogen and oxygen atoms in total. The highest BCUT2D eigenvalue weighted by Crippen LogP contribution is 2.25. The van der Waals surface area contributed by atoms with Crippen molar-refractivity contribution in [2.45, 2.75) is 32.6 Å². The van der Waals surface area contributed by atoms with Crippen LogP contribution in [0.1, 0.15) is 53.3 Å². The largest absolute Gasteiger partial charge is 0.465 e. The molecule has 5 heteroatoms. The third-order valence-electron chi connectivity index (χ3n) is 5.02. The summed E-state index contributed by atoms with van der Waals surface area (Å²) in [7, 11) is 0. The standard InChI is InChI=1S/C20H23NO4/c1-14-7-2-3-8-15(14)13-25-18(22)11-6-12-21-19(23)16-9-4-5-10-17(16)20(21)24/h2-5,9-10,14-15H,6-8,11-13H2,1H3. The zero-order valence-corrected chi connectivity index (χ0v) is 14.4. The fourth-order valence-electron chi connectivity index (χ4n) is 3.33. The van der Waals surface area contributed by atoms with Crippen LogP contribution < -0.4 is 0 Å². The number of esters is 1. The van der Waals surface area contributed by atoms with E-state index in [1.165, 1.54) is 4.90 Å². The molecule has 1 aliphatic heterocycles. The zero-order chi connectivity index (χ0) is 17.8. The number of rotatable bonds is 6. The Kier molecular flexibility index (Phi) is 5.31. The fourth-order valence-corrected chi connectivity index (χ4v) is 3.33. The minimum Gasteiger partial charge on any atom is -0.465 e. The van der Waals surface area contributed by atoms with Gasteiger partial charge in [-0.15, -0.1) is 0 Å². The van der Waals surface area contributed by atoms with Crippen LogP contribution in [0.15, 0.2) is 36.4 Å². The Hall–Kier alpha value is -2.43. The van der Waals surface area contributed by atoms with Crippen LogP contribution in [0.2, 0.25) is 0 Å². The van der Waals surface area contributed by atoms with E-state index in [0.717, 1.165) is 12.8 Å². The summed E-state index contributed by atoms with van der Waals surface area (Å²) in [5.41, 5.74) is 0.879. The lowest BCUT2D eigenvalue weighted by Gasteiger charge is -2.24. The first-order chi connectivity index (χ1) is 12.1. The minimum absolute atomic E-state index is 0.213. The lowest BCUT2D eigenvalue weighted by Crippen LogP contribution is -2.31. The number of imide groups is 1. The lowest BCUT2D eigenvalue weighted by atomic mass is 9.85. The van der Waals surface area contributed by atoms with Gasteiger partial charge in [0.05, 0.1) is 17.7 Å². The number of nitrogens with zero attached hydrogens (tertiary/aromatic N) is 1.